The minimum absolute atomic E-state index is 0.259. The van der Waals surface area contributed by atoms with Crippen LogP contribution in [0, 0.1) is 17.8 Å². The molecule has 0 aliphatic carbocycles. The number of hydrogen-bond donors (Lipinski definition) is 3. The van der Waals surface area contributed by atoms with Gasteiger partial charge < -0.3 is 19.8 Å². The van der Waals surface area contributed by atoms with E-state index in [1.54, 1.807) is 0 Å². The maximum Gasteiger partial charge on any atom is 0.312 e. The van der Waals surface area contributed by atoms with Crippen molar-refractivity contribution in [3.8, 4) is 0 Å². The van der Waals surface area contributed by atoms with E-state index < -0.39 is 35.7 Å². The van der Waals surface area contributed by atoms with E-state index in [-0.39, 0.29) is 24.1 Å². The van der Waals surface area contributed by atoms with Crippen molar-refractivity contribution in [2.24, 2.45) is 17.8 Å². The van der Waals surface area contributed by atoms with Crippen LogP contribution in [0.2, 0.25) is 0 Å². The highest BCUT2D eigenvalue weighted by molar-refractivity contribution is 5.71. The molecule has 3 atom stereocenters. The Hall–Kier alpha value is -1.89. The molecule has 40 heavy (non-hydrogen) atoms. The summed E-state index contributed by atoms with van der Waals surface area (Å²) in [6.07, 6.45) is 22.7. The maximum atomic E-state index is 12.0. The van der Waals surface area contributed by atoms with E-state index in [0.29, 0.717) is 25.8 Å². The molecule has 3 N–H and O–H groups in total. The van der Waals surface area contributed by atoms with Gasteiger partial charge in [0.2, 0.25) is 0 Å². The molecule has 0 bridgehead atoms. The van der Waals surface area contributed by atoms with Gasteiger partial charge in [0.1, 0.15) is 17.8 Å². The fourth-order valence-electron chi connectivity index (χ4n) is 5.75. The zero-order chi connectivity index (χ0) is 30.2. The molecular weight excluding hydrogens is 506 g/mol. The molecule has 0 fully saturated rings. The van der Waals surface area contributed by atoms with Crippen molar-refractivity contribution in [3.05, 3.63) is 12.2 Å². The van der Waals surface area contributed by atoms with E-state index in [0.717, 1.165) is 19.3 Å². The van der Waals surface area contributed by atoms with Gasteiger partial charge in [-0.25, -0.2) is 0 Å². The number of rotatable bonds is 28. The van der Waals surface area contributed by atoms with Gasteiger partial charge >= 0.3 is 17.9 Å². The average molecular weight is 569 g/mol. The standard InChI is InChI=1S/C33H61NO6/c1-5-9-10-11-12-13-14-15-16-17-18-19-20-21-22-23-24-34(25-28(6-2)31(35)36,26-29(7-3)32(37)38)27-30(8-4)33(39)40/h10-11,28-30H,5-9,12-27H2,1-4H3,(H2-,35,36,37,38,39,40)/p+1/b11-10+. The zero-order valence-electron chi connectivity index (χ0n) is 26.2. The van der Waals surface area contributed by atoms with Crippen molar-refractivity contribution < 1.29 is 34.2 Å². The molecule has 7 nitrogen and oxygen atoms in total. The normalized spacial score (nSPS) is 15.5. The van der Waals surface area contributed by atoms with Crippen LogP contribution in [0.3, 0.4) is 0 Å². The summed E-state index contributed by atoms with van der Waals surface area (Å²) in [7, 11) is 0. The van der Waals surface area contributed by atoms with E-state index in [9.17, 15) is 29.7 Å². The molecule has 0 aromatic carbocycles. The Labute approximate surface area is 245 Å². The molecule has 234 valence electrons. The van der Waals surface area contributed by atoms with Gasteiger partial charge in [0.05, 0.1) is 26.2 Å². The third-order valence-electron chi connectivity index (χ3n) is 8.47. The summed E-state index contributed by atoms with van der Waals surface area (Å²) in [6, 6.07) is 0. The van der Waals surface area contributed by atoms with Crippen molar-refractivity contribution in [3.63, 3.8) is 0 Å². The Morgan fingerprint density at radius 3 is 1.18 bits per heavy atom. The van der Waals surface area contributed by atoms with Crippen LogP contribution in [0.5, 0.6) is 0 Å². The summed E-state index contributed by atoms with van der Waals surface area (Å²) in [5.74, 6) is -4.51. The molecular formula is C33H62NO6+. The van der Waals surface area contributed by atoms with Crippen LogP contribution < -0.4 is 0 Å². The van der Waals surface area contributed by atoms with Crippen molar-refractivity contribution in [1.82, 2.24) is 0 Å². The first kappa shape index (κ1) is 38.1. The van der Waals surface area contributed by atoms with E-state index in [1.807, 2.05) is 20.8 Å². The number of unbranched alkanes of at least 4 members (excludes halogenated alkanes) is 12. The highest BCUT2D eigenvalue weighted by Gasteiger charge is 2.40. The molecule has 0 radical (unpaired) electrons. The smallest absolute Gasteiger partial charge is 0.312 e. The second-order valence-electron chi connectivity index (χ2n) is 11.9. The number of quaternary nitrogens is 1. The summed E-state index contributed by atoms with van der Waals surface area (Å²) < 4.78 is 0.259. The number of hydrogen-bond acceptors (Lipinski definition) is 3. The van der Waals surface area contributed by atoms with Gasteiger partial charge in [-0.05, 0) is 51.4 Å². The largest absolute Gasteiger partial charge is 0.481 e. The van der Waals surface area contributed by atoms with Crippen molar-refractivity contribution in [2.75, 3.05) is 26.2 Å². The number of carboxylic acid groups (broad SMARTS) is 3. The lowest BCUT2D eigenvalue weighted by Crippen LogP contribution is -2.58. The molecule has 0 spiro atoms. The SMILES string of the molecule is CCC/C=C/CCCCCCCCCCCCC[N+](CC(CC)C(=O)O)(CC(CC)C(=O)O)CC(CC)C(=O)O. The van der Waals surface area contributed by atoms with E-state index in [2.05, 4.69) is 19.1 Å². The Bertz CT molecular complexity index is 647. The van der Waals surface area contributed by atoms with Crippen LogP contribution in [-0.2, 0) is 14.4 Å². The Morgan fingerprint density at radius 2 is 0.850 bits per heavy atom. The molecule has 0 aliphatic heterocycles. The van der Waals surface area contributed by atoms with Crippen molar-refractivity contribution in [1.29, 1.82) is 0 Å². The van der Waals surface area contributed by atoms with Crippen LogP contribution in [0.1, 0.15) is 137 Å². The highest BCUT2D eigenvalue weighted by atomic mass is 16.4. The van der Waals surface area contributed by atoms with Gasteiger partial charge in [-0.2, -0.15) is 0 Å². The van der Waals surface area contributed by atoms with Crippen molar-refractivity contribution >= 4 is 17.9 Å². The molecule has 0 aliphatic rings. The molecule has 0 amide bonds. The molecule has 0 aromatic heterocycles. The Balaban J connectivity index is 4.84. The summed E-state index contributed by atoms with van der Waals surface area (Å²) in [5.41, 5.74) is 0. The third kappa shape index (κ3) is 17.7. The fraction of sp³-hybridized carbons (Fsp3) is 0.848. The molecule has 0 saturated heterocycles. The van der Waals surface area contributed by atoms with E-state index >= 15 is 0 Å². The lowest BCUT2D eigenvalue weighted by Gasteiger charge is -2.43. The zero-order valence-corrected chi connectivity index (χ0v) is 26.2. The molecule has 0 rings (SSSR count). The lowest BCUT2D eigenvalue weighted by atomic mass is 9.95. The van der Waals surface area contributed by atoms with Crippen LogP contribution in [0.25, 0.3) is 0 Å². The molecule has 0 aromatic rings. The third-order valence-corrected chi connectivity index (χ3v) is 8.47. The molecule has 7 heteroatoms. The van der Waals surface area contributed by atoms with Gasteiger partial charge in [-0.3, -0.25) is 14.4 Å². The van der Waals surface area contributed by atoms with Crippen LogP contribution in [0.4, 0.5) is 0 Å². The first-order valence-corrected chi connectivity index (χ1v) is 16.3. The van der Waals surface area contributed by atoms with Crippen LogP contribution in [-0.4, -0.2) is 63.9 Å². The topological polar surface area (TPSA) is 112 Å². The summed E-state index contributed by atoms with van der Waals surface area (Å²) >= 11 is 0. The van der Waals surface area contributed by atoms with Gasteiger partial charge in [0.15, 0.2) is 0 Å². The maximum absolute atomic E-state index is 12.0. The van der Waals surface area contributed by atoms with E-state index in [1.165, 1.54) is 70.6 Å². The molecule has 0 saturated carbocycles. The van der Waals surface area contributed by atoms with Gasteiger partial charge in [0.25, 0.3) is 0 Å². The quantitative estimate of drug-likeness (QED) is 0.0498. The lowest BCUT2D eigenvalue weighted by molar-refractivity contribution is -0.935. The fourth-order valence-corrected chi connectivity index (χ4v) is 5.75. The summed E-state index contributed by atoms with van der Waals surface area (Å²) in [4.78, 5) is 35.9. The summed E-state index contributed by atoms with van der Waals surface area (Å²) in [6.45, 7) is 9.20. The van der Waals surface area contributed by atoms with Gasteiger partial charge in [-0.1, -0.05) is 97.6 Å². The molecule has 3 unspecified atom stereocenters. The predicted molar refractivity (Wildman–Crippen MR) is 163 cm³/mol. The number of aliphatic carboxylic acids is 3. The van der Waals surface area contributed by atoms with Crippen LogP contribution >= 0.6 is 0 Å². The molecule has 0 heterocycles. The van der Waals surface area contributed by atoms with Crippen LogP contribution in [0.15, 0.2) is 12.2 Å². The number of carbonyl (C=O) groups is 3. The number of nitrogens with zero attached hydrogens (tertiary/aromatic N) is 1. The second kappa shape index (κ2) is 23.8. The Morgan fingerprint density at radius 1 is 0.525 bits per heavy atom. The monoisotopic (exact) mass is 568 g/mol. The average Bonchev–Trinajstić information content (AvgIpc) is 2.92. The minimum atomic E-state index is -0.888. The number of carboxylic acids is 3. The Kier molecular flexibility index (Phi) is 22.7. The van der Waals surface area contributed by atoms with Gasteiger partial charge in [-0.15, -0.1) is 0 Å². The minimum Gasteiger partial charge on any atom is -0.481 e. The number of allylic oxidation sites excluding steroid dienone is 2. The van der Waals surface area contributed by atoms with Gasteiger partial charge in [0, 0.05) is 0 Å². The summed E-state index contributed by atoms with van der Waals surface area (Å²) in [5, 5.41) is 29.4. The first-order valence-electron chi connectivity index (χ1n) is 16.3. The van der Waals surface area contributed by atoms with E-state index in [4.69, 9.17) is 0 Å². The second-order valence-corrected chi connectivity index (χ2v) is 11.9. The van der Waals surface area contributed by atoms with Crippen molar-refractivity contribution in [2.45, 2.75) is 137 Å². The highest BCUT2D eigenvalue weighted by Crippen LogP contribution is 2.25. The predicted octanol–water partition coefficient (Wildman–Crippen LogP) is 8.17. The first-order chi connectivity index (χ1) is 19.2.